The molecule has 0 bridgehead atoms. The maximum Gasteiger partial charge on any atom is 0.119 e. The molecule has 1 aromatic carbocycles. The van der Waals surface area contributed by atoms with Crippen LogP contribution in [-0.4, -0.2) is 28.9 Å². The molecule has 0 saturated heterocycles. The number of nitrogens with one attached hydrogen (secondary N) is 1. The summed E-state index contributed by atoms with van der Waals surface area (Å²) < 4.78 is 16.4. The van der Waals surface area contributed by atoms with Gasteiger partial charge in [-0.1, -0.05) is 12.1 Å². The van der Waals surface area contributed by atoms with E-state index in [2.05, 4.69) is 12.2 Å². The molecule has 0 spiro atoms. The van der Waals surface area contributed by atoms with Crippen molar-refractivity contribution in [2.45, 2.75) is 26.4 Å². The number of benzene rings is 1. The molecule has 0 saturated carbocycles. The van der Waals surface area contributed by atoms with Gasteiger partial charge in [0.15, 0.2) is 0 Å². The first-order valence-corrected chi connectivity index (χ1v) is 7.59. The van der Waals surface area contributed by atoms with E-state index >= 15 is 0 Å². The molecular weight excluding hydrogens is 234 g/mol. The summed E-state index contributed by atoms with van der Waals surface area (Å²) in [6.45, 7) is 5.51. The lowest BCUT2D eigenvalue weighted by atomic mass is 10.2. The van der Waals surface area contributed by atoms with Crippen LogP contribution >= 0.6 is 0 Å². The molecule has 1 aromatic rings. The first-order chi connectivity index (χ1) is 8.11. The van der Waals surface area contributed by atoms with Crippen molar-refractivity contribution in [2.24, 2.45) is 0 Å². The monoisotopic (exact) mass is 255 g/mol. The SMILES string of the molecule is CCOc1ccc(CNC(C)CS(C)=O)cc1. The lowest BCUT2D eigenvalue weighted by molar-refractivity contribution is 0.340. The predicted octanol–water partition coefficient (Wildman–Crippen LogP) is 1.94. The molecule has 4 heteroatoms. The van der Waals surface area contributed by atoms with Crippen molar-refractivity contribution in [3.8, 4) is 5.75 Å². The van der Waals surface area contributed by atoms with E-state index in [1.54, 1.807) is 6.26 Å². The molecule has 1 N–H and O–H groups in total. The Morgan fingerprint density at radius 1 is 1.35 bits per heavy atom. The van der Waals surface area contributed by atoms with Crippen LogP contribution in [0, 0.1) is 0 Å². The highest BCUT2D eigenvalue weighted by Gasteiger charge is 2.03. The van der Waals surface area contributed by atoms with E-state index in [-0.39, 0.29) is 6.04 Å². The maximum atomic E-state index is 11.0. The molecule has 0 radical (unpaired) electrons. The van der Waals surface area contributed by atoms with Gasteiger partial charge in [-0.25, -0.2) is 0 Å². The molecule has 17 heavy (non-hydrogen) atoms. The summed E-state index contributed by atoms with van der Waals surface area (Å²) in [7, 11) is -0.742. The van der Waals surface area contributed by atoms with E-state index in [0.29, 0.717) is 12.4 Å². The van der Waals surface area contributed by atoms with Crippen molar-refractivity contribution >= 4 is 10.8 Å². The Bertz CT molecular complexity index is 351. The average Bonchev–Trinajstić information content (AvgIpc) is 2.28. The second-order valence-corrected chi connectivity index (χ2v) is 5.58. The fourth-order valence-electron chi connectivity index (χ4n) is 1.57. The van der Waals surface area contributed by atoms with E-state index in [1.807, 2.05) is 31.2 Å². The molecule has 0 amide bonds. The van der Waals surface area contributed by atoms with E-state index in [1.165, 1.54) is 5.56 Å². The molecule has 0 aliphatic heterocycles. The van der Waals surface area contributed by atoms with Crippen molar-refractivity contribution in [2.75, 3.05) is 18.6 Å². The third kappa shape index (κ3) is 5.84. The maximum absolute atomic E-state index is 11.0. The molecule has 1 rings (SSSR count). The van der Waals surface area contributed by atoms with Crippen molar-refractivity contribution < 1.29 is 8.95 Å². The van der Waals surface area contributed by atoms with Crippen LogP contribution in [0.3, 0.4) is 0 Å². The van der Waals surface area contributed by atoms with Gasteiger partial charge in [0.25, 0.3) is 0 Å². The van der Waals surface area contributed by atoms with Crippen molar-refractivity contribution in [3.05, 3.63) is 29.8 Å². The van der Waals surface area contributed by atoms with Gasteiger partial charge in [-0.05, 0) is 31.5 Å². The highest BCUT2D eigenvalue weighted by Crippen LogP contribution is 2.11. The third-order valence-corrected chi connectivity index (χ3v) is 3.34. The normalized spacial score (nSPS) is 14.3. The number of hydrogen-bond donors (Lipinski definition) is 1. The number of ether oxygens (including phenoxy) is 1. The van der Waals surface area contributed by atoms with Gasteiger partial charge in [-0.2, -0.15) is 0 Å². The Balaban J connectivity index is 2.38. The van der Waals surface area contributed by atoms with Gasteiger partial charge in [0, 0.05) is 35.4 Å². The zero-order valence-electron chi connectivity index (χ0n) is 10.7. The minimum absolute atomic E-state index is 0.271. The first kappa shape index (κ1) is 14.2. The Labute approximate surface area is 106 Å². The summed E-state index contributed by atoms with van der Waals surface area (Å²) in [5.74, 6) is 1.59. The molecule has 96 valence electrons. The zero-order chi connectivity index (χ0) is 12.7. The lowest BCUT2D eigenvalue weighted by Gasteiger charge is -2.12. The molecule has 0 fully saturated rings. The molecule has 0 aliphatic rings. The highest BCUT2D eigenvalue weighted by atomic mass is 32.2. The smallest absolute Gasteiger partial charge is 0.119 e. The minimum Gasteiger partial charge on any atom is -0.494 e. The molecule has 0 aromatic heterocycles. The van der Waals surface area contributed by atoms with Gasteiger partial charge in [-0.3, -0.25) is 4.21 Å². The number of rotatable bonds is 7. The third-order valence-electron chi connectivity index (χ3n) is 2.37. The van der Waals surface area contributed by atoms with E-state index in [0.717, 1.165) is 12.3 Å². The van der Waals surface area contributed by atoms with Crippen molar-refractivity contribution in [1.82, 2.24) is 5.32 Å². The Kier molecular flexibility index (Phi) is 6.22. The summed E-state index contributed by atoms with van der Waals surface area (Å²) in [6.07, 6.45) is 1.73. The Morgan fingerprint density at radius 3 is 2.53 bits per heavy atom. The minimum atomic E-state index is -0.742. The molecule has 0 aliphatic carbocycles. The van der Waals surface area contributed by atoms with Gasteiger partial charge in [0.1, 0.15) is 5.75 Å². The quantitative estimate of drug-likeness (QED) is 0.809. The zero-order valence-corrected chi connectivity index (χ0v) is 11.5. The van der Waals surface area contributed by atoms with Gasteiger partial charge in [-0.15, -0.1) is 0 Å². The largest absolute Gasteiger partial charge is 0.494 e. The van der Waals surface area contributed by atoms with E-state index in [9.17, 15) is 4.21 Å². The van der Waals surface area contributed by atoms with Crippen LogP contribution in [-0.2, 0) is 17.3 Å². The Morgan fingerprint density at radius 2 is 2.00 bits per heavy atom. The first-order valence-electron chi connectivity index (χ1n) is 5.87. The van der Waals surface area contributed by atoms with E-state index in [4.69, 9.17) is 4.74 Å². The average molecular weight is 255 g/mol. The summed E-state index contributed by atoms with van der Waals surface area (Å²) in [4.78, 5) is 0. The second kappa shape index (κ2) is 7.45. The molecular formula is C13H21NO2S. The van der Waals surface area contributed by atoms with Crippen LogP contribution < -0.4 is 10.1 Å². The lowest BCUT2D eigenvalue weighted by Crippen LogP contribution is -2.30. The fraction of sp³-hybridized carbons (Fsp3) is 0.538. The van der Waals surface area contributed by atoms with Gasteiger partial charge in [0.2, 0.25) is 0 Å². The van der Waals surface area contributed by atoms with E-state index < -0.39 is 10.8 Å². The highest BCUT2D eigenvalue weighted by molar-refractivity contribution is 7.84. The summed E-state index contributed by atoms with van der Waals surface area (Å²) >= 11 is 0. The van der Waals surface area contributed by atoms with Crippen molar-refractivity contribution in [1.29, 1.82) is 0 Å². The topological polar surface area (TPSA) is 38.3 Å². The van der Waals surface area contributed by atoms with Crippen LogP contribution in [0.2, 0.25) is 0 Å². The summed E-state index contributed by atoms with van der Waals surface area (Å²) in [6, 6.07) is 8.32. The van der Waals surface area contributed by atoms with Crippen LogP contribution in [0.4, 0.5) is 0 Å². The Hall–Kier alpha value is -0.870. The standard InChI is InChI=1S/C13H21NO2S/c1-4-16-13-7-5-12(6-8-13)9-14-11(2)10-17(3)15/h5-8,11,14H,4,9-10H2,1-3H3. The number of hydrogen-bond acceptors (Lipinski definition) is 3. The molecule has 2 unspecified atom stereocenters. The van der Waals surface area contributed by atoms with Crippen LogP contribution in [0.25, 0.3) is 0 Å². The summed E-state index contributed by atoms with van der Waals surface area (Å²) in [5.41, 5.74) is 1.21. The van der Waals surface area contributed by atoms with Gasteiger partial charge in [0.05, 0.1) is 6.61 Å². The van der Waals surface area contributed by atoms with Gasteiger partial charge >= 0.3 is 0 Å². The van der Waals surface area contributed by atoms with Gasteiger partial charge < -0.3 is 10.1 Å². The summed E-state index contributed by atoms with van der Waals surface area (Å²) in [5, 5.41) is 3.35. The second-order valence-electron chi connectivity index (χ2n) is 4.10. The van der Waals surface area contributed by atoms with Crippen LogP contribution in [0.15, 0.2) is 24.3 Å². The molecule has 3 nitrogen and oxygen atoms in total. The molecule has 0 heterocycles. The predicted molar refractivity (Wildman–Crippen MR) is 72.8 cm³/mol. The molecule has 2 atom stereocenters. The fourth-order valence-corrected chi connectivity index (χ4v) is 2.40. The van der Waals surface area contributed by atoms with Crippen LogP contribution in [0.1, 0.15) is 19.4 Å². The van der Waals surface area contributed by atoms with Crippen LogP contribution in [0.5, 0.6) is 5.75 Å². The van der Waals surface area contributed by atoms with Crippen molar-refractivity contribution in [3.63, 3.8) is 0 Å².